The smallest absolute Gasteiger partial charge is 0.163 e. The van der Waals surface area contributed by atoms with E-state index in [-0.39, 0.29) is 6.10 Å². The lowest BCUT2D eigenvalue weighted by atomic mass is 10.2. The van der Waals surface area contributed by atoms with Crippen molar-refractivity contribution in [3.05, 3.63) is 34.4 Å². The fraction of sp³-hybridized carbons (Fsp3) is 0.471. The minimum Gasteiger partial charge on any atom is -0.376 e. The van der Waals surface area contributed by atoms with Crippen molar-refractivity contribution < 1.29 is 4.74 Å². The Morgan fingerprint density at radius 1 is 1.42 bits per heavy atom. The van der Waals surface area contributed by atoms with E-state index in [0.29, 0.717) is 0 Å². The number of anilines is 1. The standard InChI is InChI=1S/C17H21N5OS/c1-12-19-16-15(9-18-21(16)2)17(20-12)22(10-13-5-3-7-23-13)11-14-6-4-8-24-14/h4,6,8-9,13H,3,5,7,10-11H2,1-2H3. The van der Waals surface area contributed by atoms with Crippen LogP contribution in [-0.2, 0) is 18.3 Å². The van der Waals surface area contributed by atoms with Gasteiger partial charge in [-0.3, -0.25) is 4.68 Å². The topological polar surface area (TPSA) is 56.1 Å². The molecule has 126 valence electrons. The van der Waals surface area contributed by atoms with E-state index in [4.69, 9.17) is 9.72 Å². The van der Waals surface area contributed by atoms with Gasteiger partial charge in [0.05, 0.1) is 24.2 Å². The van der Waals surface area contributed by atoms with Crippen LogP contribution in [0, 0.1) is 6.92 Å². The number of hydrogen-bond donors (Lipinski definition) is 0. The number of rotatable bonds is 5. The van der Waals surface area contributed by atoms with Crippen LogP contribution in [0.2, 0.25) is 0 Å². The van der Waals surface area contributed by atoms with Crippen LogP contribution in [-0.4, -0.2) is 39.0 Å². The van der Waals surface area contributed by atoms with E-state index in [1.54, 1.807) is 11.3 Å². The van der Waals surface area contributed by atoms with Crippen molar-refractivity contribution in [3.63, 3.8) is 0 Å². The van der Waals surface area contributed by atoms with Crippen LogP contribution in [0.25, 0.3) is 11.0 Å². The molecule has 1 saturated heterocycles. The molecule has 6 nitrogen and oxygen atoms in total. The number of aryl methyl sites for hydroxylation is 2. The molecule has 4 heterocycles. The van der Waals surface area contributed by atoms with E-state index in [0.717, 1.165) is 55.2 Å². The first-order valence-corrected chi connectivity index (χ1v) is 9.14. The average molecular weight is 343 g/mol. The molecule has 0 saturated carbocycles. The van der Waals surface area contributed by atoms with Crippen molar-refractivity contribution in [1.29, 1.82) is 0 Å². The van der Waals surface area contributed by atoms with Crippen LogP contribution in [0.4, 0.5) is 5.82 Å². The van der Waals surface area contributed by atoms with Crippen LogP contribution >= 0.6 is 11.3 Å². The van der Waals surface area contributed by atoms with E-state index in [9.17, 15) is 0 Å². The Labute approximate surface area is 145 Å². The Balaban J connectivity index is 1.74. The van der Waals surface area contributed by atoms with Gasteiger partial charge >= 0.3 is 0 Å². The van der Waals surface area contributed by atoms with E-state index in [2.05, 4.69) is 32.5 Å². The number of hydrogen-bond acceptors (Lipinski definition) is 6. The minimum atomic E-state index is 0.270. The summed E-state index contributed by atoms with van der Waals surface area (Å²) in [6, 6.07) is 4.26. The molecule has 1 unspecified atom stereocenters. The maximum atomic E-state index is 5.87. The molecule has 3 aromatic rings. The zero-order valence-corrected chi connectivity index (χ0v) is 14.8. The number of fused-ring (bicyclic) bond motifs is 1. The lowest BCUT2D eigenvalue weighted by Crippen LogP contribution is -2.32. The molecule has 7 heteroatoms. The van der Waals surface area contributed by atoms with Crippen molar-refractivity contribution in [1.82, 2.24) is 19.7 Å². The molecule has 1 fully saturated rings. The summed E-state index contributed by atoms with van der Waals surface area (Å²) in [6.45, 7) is 4.48. The van der Waals surface area contributed by atoms with Gasteiger partial charge in [-0.2, -0.15) is 5.10 Å². The van der Waals surface area contributed by atoms with Crippen LogP contribution in [0.5, 0.6) is 0 Å². The molecular formula is C17H21N5OS. The van der Waals surface area contributed by atoms with Gasteiger partial charge in [0.2, 0.25) is 0 Å². The summed E-state index contributed by atoms with van der Waals surface area (Å²) in [5, 5.41) is 7.48. The van der Waals surface area contributed by atoms with E-state index < -0.39 is 0 Å². The molecule has 0 N–H and O–H groups in total. The third kappa shape index (κ3) is 3.01. The van der Waals surface area contributed by atoms with Crippen molar-refractivity contribution in [2.24, 2.45) is 7.05 Å². The number of ether oxygens (including phenoxy) is 1. The first-order chi connectivity index (χ1) is 11.7. The number of aromatic nitrogens is 4. The second kappa shape index (κ2) is 6.49. The predicted molar refractivity (Wildman–Crippen MR) is 95.4 cm³/mol. The van der Waals surface area contributed by atoms with Gasteiger partial charge in [-0.25, -0.2) is 9.97 Å². The molecule has 0 amide bonds. The minimum absolute atomic E-state index is 0.270. The van der Waals surface area contributed by atoms with Gasteiger partial charge in [0, 0.05) is 25.1 Å². The maximum Gasteiger partial charge on any atom is 0.163 e. The molecule has 1 aliphatic heterocycles. The van der Waals surface area contributed by atoms with Crippen LogP contribution in [0.3, 0.4) is 0 Å². The lowest BCUT2D eigenvalue weighted by Gasteiger charge is -2.26. The van der Waals surface area contributed by atoms with Gasteiger partial charge in [0.25, 0.3) is 0 Å². The second-order valence-electron chi connectivity index (χ2n) is 6.19. The van der Waals surface area contributed by atoms with Crippen molar-refractivity contribution in [2.45, 2.75) is 32.4 Å². The third-order valence-corrected chi connectivity index (χ3v) is 5.22. The molecule has 0 radical (unpaired) electrons. The Morgan fingerprint density at radius 2 is 2.33 bits per heavy atom. The highest BCUT2D eigenvalue weighted by molar-refractivity contribution is 7.09. The monoisotopic (exact) mass is 343 g/mol. The summed E-state index contributed by atoms with van der Waals surface area (Å²) in [5.74, 6) is 1.72. The van der Waals surface area contributed by atoms with Gasteiger partial charge in [-0.1, -0.05) is 6.07 Å². The third-order valence-electron chi connectivity index (χ3n) is 4.36. The second-order valence-corrected chi connectivity index (χ2v) is 7.23. The van der Waals surface area contributed by atoms with Gasteiger partial charge < -0.3 is 9.64 Å². The molecule has 0 spiro atoms. The van der Waals surface area contributed by atoms with Crippen LogP contribution in [0.15, 0.2) is 23.7 Å². The molecule has 1 aliphatic rings. The van der Waals surface area contributed by atoms with E-state index >= 15 is 0 Å². The summed E-state index contributed by atoms with van der Waals surface area (Å²) in [5.41, 5.74) is 0.876. The first-order valence-electron chi connectivity index (χ1n) is 8.26. The number of thiophene rings is 1. The molecular weight excluding hydrogens is 322 g/mol. The number of nitrogens with zero attached hydrogens (tertiary/aromatic N) is 5. The molecule has 0 bridgehead atoms. The van der Waals surface area contributed by atoms with Gasteiger partial charge in [0.15, 0.2) is 5.65 Å². The summed E-state index contributed by atoms with van der Waals surface area (Å²) >= 11 is 1.77. The Kier molecular flexibility index (Phi) is 4.20. The Morgan fingerprint density at radius 3 is 3.08 bits per heavy atom. The van der Waals surface area contributed by atoms with Gasteiger partial charge in [-0.15, -0.1) is 11.3 Å². The fourth-order valence-electron chi connectivity index (χ4n) is 3.20. The highest BCUT2D eigenvalue weighted by Crippen LogP contribution is 2.27. The fourth-order valence-corrected chi connectivity index (χ4v) is 3.92. The highest BCUT2D eigenvalue weighted by atomic mass is 32.1. The summed E-state index contributed by atoms with van der Waals surface area (Å²) in [6.07, 6.45) is 4.39. The van der Waals surface area contributed by atoms with E-state index in [1.165, 1.54) is 4.88 Å². The van der Waals surface area contributed by atoms with E-state index in [1.807, 2.05) is 24.9 Å². The molecule has 4 rings (SSSR count). The van der Waals surface area contributed by atoms with Crippen molar-refractivity contribution in [3.8, 4) is 0 Å². The average Bonchev–Trinajstić information content (AvgIpc) is 3.30. The molecule has 3 aromatic heterocycles. The van der Waals surface area contributed by atoms with Crippen molar-refractivity contribution in [2.75, 3.05) is 18.1 Å². The normalized spacial score (nSPS) is 17.7. The largest absolute Gasteiger partial charge is 0.376 e. The maximum absolute atomic E-state index is 5.87. The molecule has 0 aromatic carbocycles. The predicted octanol–water partition coefficient (Wildman–Crippen LogP) is 2.92. The molecule has 24 heavy (non-hydrogen) atoms. The quantitative estimate of drug-likeness (QED) is 0.713. The Hall–Kier alpha value is -1.99. The summed E-state index contributed by atoms with van der Waals surface area (Å²) in [4.78, 5) is 12.9. The zero-order valence-electron chi connectivity index (χ0n) is 14.0. The highest BCUT2D eigenvalue weighted by Gasteiger charge is 2.23. The van der Waals surface area contributed by atoms with Gasteiger partial charge in [-0.05, 0) is 31.2 Å². The first kappa shape index (κ1) is 15.5. The Bertz CT molecular complexity index is 823. The van der Waals surface area contributed by atoms with Gasteiger partial charge in [0.1, 0.15) is 11.6 Å². The summed E-state index contributed by atoms with van der Waals surface area (Å²) in [7, 11) is 1.92. The van der Waals surface area contributed by atoms with Crippen LogP contribution < -0.4 is 4.90 Å². The lowest BCUT2D eigenvalue weighted by molar-refractivity contribution is 0.115. The zero-order chi connectivity index (χ0) is 16.5. The molecule has 0 aliphatic carbocycles. The molecule has 1 atom stereocenters. The van der Waals surface area contributed by atoms with Crippen LogP contribution in [0.1, 0.15) is 23.5 Å². The van der Waals surface area contributed by atoms with Crippen molar-refractivity contribution >= 4 is 28.2 Å². The summed E-state index contributed by atoms with van der Waals surface area (Å²) < 4.78 is 7.68. The SMILES string of the molecule is Cc1nc(N(Cc2cccs2)CC2CCCO2)c2cnn(C)c2n1.